The molecule has 0 unspecified atom stereocenters. The Balaban J connectivity index is 1.87. The fraction of sp³-hybridized carbons (Fsp3) is 0.316. The molecule has 3 N–H and O–H groups in total. The Kier molecular flexibility index (Phi) is 6.30. The van der Waals surface area contributed by atoms with Gasteiger partial charge in [-0.25, -0.2) is 4.98 Å². The van der Waals surface area contributed by atoms with Gasteiger partial charge in [0.2, 0.25) is 11.8 Å². The molecule has 0 aliphatic carbocycles. The van der Waals surface area contributed by atoms with Gasteiger partial charge in [-0.3, -0.25) is 9.59 Å². The molecule has 26 heavy (non-hydrogen) atoms. The van der Waals surface area contributed by atoms with Crippen LogP contribution in [0.2, 0.25) is 0 Å². The molecule has 138 valence electrons. The van der Waals surface area contributed by atoms with Gasteiger partial charge in [-0.15, -0.1) is 0 Å². The fourth-order valence-corrected chi connectivity index (χ4v) is 2.02. The first-order chi connectivity index (χ1) is 12.2. The predicted octanol–water partition coefficient (Wildman–Crippen LogP) is 2.63. The molecular weight excluding hydrogens is 334 g/mol. The van der Waals surface area contributed by atoms with E-state index < -0.39 is 5.91 Å². The summed E-state index contributed by atoms with van der Waals surface area (Å²) in [6.07, 6.45) is 1.44. The van der Waals surface area contributed by atoms with E-state index >= 15 is 0 Å². The van der Waals surface area contributed by atoms with Crippen LogP contribution in [0.15, 0.2) is 42.6 Å². The van der Waals surface area contributed by atoms with Crippen LogP contribution in [0.3, 0.4) is 0 Å². The number of nitrogens with two attached hydrogens (primary N) is 1. The first-order valence-corrected chi connectivity index (χ1v) is 8.19. The van der Waals surface area contributed by atoms with Crippen molar-refractivity contribution in [2.24, 2.45) is 5.73 Å². The third kappa shape index (κ3) is 6.18. The minimum absolute atomic E-state index is 0.214. The fourth-order valence-electron chi connectivity index (χ4n) is 2.02. The van der Waals surface area contributed by atoms with Crippen molar-refractivity contribution >= 4 is 17.5 Å². The molecule has 0 radical (unpaired) electrons. The summed E-state index contributed by atoms with van der Waals surface area (Å²) in [4.78, 5) is 27.4. The number of anilines is 1. The van der Waals surface area contributed by atoms with E-state index in [0.29, 0.717) is 35.9 Å². The Morgan fingerprint density at radius 2 is 1.69 bits per heavy atom. The minimum Gasteiger partial charge on any atom is -0.475 e. The van der Waals surface area contributed by atoms with Gasteiger partial charge in [-0.05, 0) is 51.1 Å². The smallest absolute Gasteiger partial charge is 0.257 e. The van der Waals surface area contributed by atoms with Gasteiger partial charge < -0.3 is 20.5 Å². The van der Waals surface area contributed by atoms with E-state index in [-0.39, 0.29) is 11.5 Å². The maximum Gasteiger partial charge on any atom is 0.257 e. The van der Waals surface area contributed by atoms with Crippen LogP contribution in [0.5, 0.6) is 5.88 Å². The van der Waals surface area contributed by atoms with Gasteiger partial charge >= 0.3 is 0 Å². The van der Waals surface area contributed by atoms with Crippen LogP contribution in [0.4, 0.5) is 5.69 Å². The van der Waals surface area contributed by atoms with Crippen LogP contribution in [-0.4, -0.2) is 35.6 Å². The van der Waals surface area contributed by atoms with E-state index in [0.717, 1.165) is 0 Å². The molecule has 2 amide bonds. The zero-order valence-electron chi connectivity index (χ0n) is 15.1. The van der Waals surface area contributed by atoms with Crippen molar-refractivity contribution in [1.29, 1.82) is 0 Å². The van der Waals surface area contributed by atoms with Crippen LogP contribution in [0.25, 0.3) is 0 Å². The number of hydrogen-bond donors (Lipinski definition) is 2. The van der Waals surface area contributed by atoms with Crippen molar-refractivity contribution in [2.75, 3.05) is 18.5 Å². The molecule has 0 aliphatic rings. The highest BCUT2D eigenvalue weighted by Gasteiger charge is 2.10. The van der Waals surface area contributed by atoms with Crippen LogP contribution >= 0.6 is 0 Å². The molecule has 2 aromatic rings. The largest absolute Gasteiger partial charge is 0.475 e. The molecular formula is C19H23N3O4. The number of nitrogens with zero attached hydrogens (tertiary/aromatic N) is 1. The average Bonchev–Trinajstić information content (AvgIpc) is 2.59. The first-order valence-electron chi connectivity index (χ1n) is 8.19. The molecule has 0 saturated heterocycles. The van der Waals surface area contributed by atoms with E-state index in [1.54, 1.807) is 36.4 Å². The highest BCUT2D eigenvalue weighted by Crippen LogP contribution is 2.13. The molecule has 2 rings (SSSR count). The van der Waals surface area contributed by atoms with Crippen LogP contribution in [-0.2, 0) is 4.74 Å². The number of ether oxygens (including phenoxy) is 2. The van der Waals surface area contributed by atoms with Crippen molar-refractivity contribution < 1.29 is 19.1 Å². The summed E-state index contributed by atoms with van der Waals surface area (Å²) >= 11 is 0. The first kappa shape index (κ1) is 19.4. The Morgan fingerprint density at radius 3 is 2.23 bits per heavy atom. The maximum absolute atomic E-state index is 12.2. The SMILES string of the molecule is CC(C)(C)OCCOc1ccc(C(=O)Nc2ccc(C(N)=O)cc2)cn1. The van der Waals surface area contributed by atoms with E-state index in [4.69, 9.17) is 15.2 Å². The standard InChI is InChI=1S/C19H23N3O4/c1-19(2,3)26-11-10-25-16-9-6-14(12-21-16)18(24)22-15-7-4-13(5-8-15)17(20)23/h4-9,12H,10-11H2,1-3H3,(H2,20,23)(H,22,24). The number of pyridine rings is 1. The van der Waals surface area contributed by atoms with Gasteiger partial charge in [-0.2, -0.15) is 0 Å². The molecule has 0 atom stereocenters. The van der Waals surface area contributed by atoms with E-state index in [1.165, 1.54) is 6.20 Å². The number of hydrogen-bond acceptors (Lipinski definition) is 5. The minimum atomic E-state index is -0.518. The summed E-state index contributed by atoms with van der Waals surface area (Å²) in [5.41, 5.74) is 6.29. The third-order valence-corrected chi connectivity index (χ3v) is 3.29. The topological polar surface area (TPSA) is 104 Å². The zero-order valence-corrected chi connectivity index (χ0v) is 15.1. The molecule has 0 aliphatic heterocycles. The molecule has 0 fully saturated rings. The third-order valence-electron chi connectivity index (χ3n) is 3.29. The van der Waals surface area contributed by atoms with Gasteiger partial charge in [0.05, 0.1) is 17.8 Å². The number of amides is 2. The number of carbonyl (C=O) groups is 2. The van der Waals surface area contributed by atoms with Gasteiger partial charge in [-0.1, -0.05) is 0 Å². The predicted molar refractivity (Wildman–Crippen MR) is 98.4 cm³/mol. The Morgan fingerprint density at radius 1 is 1.04 bits per heavy atom. The van der Waals surface area contributed by atoms with Gasteiger partial charge in [0, 0.05) is 23.5 Å². The number of aromatic nitrogens is 1. The van der Waals surface area contributed by atoms with Crippen molar-refractivity contribution in [3.63, 3.8) is 0 Å². The molecule has 1 aromatic carbocycles. The average molecular weight is 357 g/mol. The number of primary amides is 1. The van der Waals surface area contributed by atoms with Crippen molar-refractivity contribution in [2.45, 2.75) is 26.4 Å². The Labute approximate surface area is 152 Å². The van der Waals surface area contributed by atoms with Crippen molar-refractivity contribution in [3.05, 3.63) is 53.7 Å². The number of benzene rings is 1. The summed E-state index contributed by atoms with van der Waals surface area (Å²) in [5, 5.41) is 2.72. The number of nitrogens with one attached hydrogen (secondary N) is 1. The Hall–Kier alpha value is -2.93. The van der Waals surface area contributed by atoms with E-state index in [1.807, 2.05) is 20.8 Å². The lowest BCUT2D eigenvalue weighted by atomic mass is 10.2. The van der Waals surface area contributed by atoms with E-state index in [2.05, 4.69) is 10.3 Å². The van der Waals surface area contributed by atoms with Gasteiger partial charge in [0.15, 0.2) is 0 Å². The monoisotopic (exact) mass is 357 g/mol. The van der Waals surface area contributed by atoms with Crippen LogP contribution in [0, 0.1) is 0 Å². The molecule has 1 heterocycles. The summed E-state index contributed by atoms with van der Waals surface area (Å²) in [6, 6.07) is 9.57. The quantitative estimate of drug-likeness (QED) is 0.741. The Bertz CT molecular complexity index is 750. The second kappa shape index (κ2) is 8.44. The molecule has 1 aromatic heterocycles. The lowest BCUT2D eigenvalue weighted by Gasteiger charge is -2.19. The van der Waals surface area contributed by atoms with Crippen molar-refractivity contribution in [1.82, 2.24) is 4.98 Å². The molecule has 7 nitrogen and oxygen atoms in total. The normalized spacial score (nSPS) is 11.0. The summed E-state index contributed by atoms with van der Waals surface area (Å²) in [5.74, 6) is -0.410. The lowest BCUT2D eigenvalue weighted by molar-refractivity contribution is -0.0168. The molecule has 7 heteroatoms. The van der Waals surface area contributed by atoms with Gasteiger partial charge in [0.1, 0.15) is 6.61 Å². The second-order valence-corrected chi connectivity index (χ2v) is 6.59. The second-order valence-electron chi connectivity index (χ2n) is 6.59. The maximum atomic E-state index is 12.2. The van der Waals surface area contributed by atoms with E-state index in [9.17, 15) is 9.59 Å². The highest BCUT2D eigenvalue weighted by molar-refractivity contribution is 6.04. The van der Waals surface area contributed by atoms with Crippen LogP contribution in [0.1, 0.15) is 41.5 Å². The number of rotatable bonds is 7. The summed E-state index contributed by atoms with van der Waals surface area (Å²) in [7, 11) is 0. The lowest BCUT2D eigenvalue weighted by Crippen LogP contribution is -2.22. The molecule has 0 spiro atoms. The van der Waals surface area contributed by atoms with Crippen molar-refractivity contribution in [3.8, 4) is 5.88 Å². The zero-order chi connectivity index (χ0) is 19.2. The highest BCUT2D eigenvalue weighted by atomic mass is 16.5. The van der Waals surface area contributed by atoms with Crippen LogP contribution < -0.4 is 15.8 Å². The number of carbonyl (C=O) groups excluding carboxylic acids is 2. The molecule has 0 bridgehead atoms. The van der Waals surface area contributed by atoms with Gasteiger partial charge in [0.25, 0.3) is 5.91 Å². The summed E-state index contributed by atoms with van der Waals surface area (Å²) < 4.78 is 11.0. The molecule has 0 saturated carbocycles. The summed E-state index contributed by atoms with van der Waals surface area (Å²) in [6.45, 7) is 6.75.